The monoisotopic (exact) mass is 360 g/mol. The highest BCUT2D eigenvalue weighted by Gasteiger charge is 2.19. The molecule has 0 spiro atoms. The molecule has 2 atom stereocenters. The average Bonchev–Trinajstić information content (AvgIpc) is 3.04. The van der Waals surface area contributed by atoms with Gasteiger partial charge in [0, 0.05) is 6.54 Å². The lowest BCUT2D eigenvalue weighted by Gasteiger charge is -2.25. The van der Waals surface area contributed by atoms with Crippen molar-refractivity contribution in [2.24, 2.45) is 0 Å². The molecule has 1 heterocycles. The maximum atomic E-state index is 12.9. The van der Waals surface area contributed by atoms with Gasteiger partial charge in [0.15, 0.2) is 0 Å². The number of thiazole rings is 1. The van der Waals surface area contributed by atoms with Crippen LogP contribution in [-0.4, -0.2) is 41.3 Å². The first-order valence-corrected chi connectivity index (χ1v) is 8.96. The third-order valence-corrected chi connectivity index (χ3v) is 5.29. The summed E-state index contributed by atoms with van der Waals surface area (Å²) in [4.78, 5) is 6.72. The predicted molar refractivity (Wildman–Crippen MR) is 98.6 cm³/mol. The molecule has 0 radical (unpaired) electrons. The van der Waals surface area contributed by atoms with Gasteiger partial charge in [0.25, 0.3) is 0 Å². The fourth-order valence-electron chi connectivity index (χ4n) is 2.52. The van der Waals surface area contributed by atoms with Crippen LogP contribution < -0.4 is 4.74 Å². The molecule has 2 unspecified atom stereocenters. The number of aliphatic hydroxyl groups excluding tert-OH is 1. The van der Waals surface area contributed by atoms with E-state index in [1.165, 1.54) is 12.1 Å². The Balaban J connectivity index is 1.54. The first-order chi connectivity index (χ1) is 12.0. The van der Waals surface area contributed by atoms with Crippen LogP contribution in [0.4, 0.5) is 4.39 Å². The number of para-hydroxylation sites is 1. The highest BCUT2D eigenvalue weighted by molar-refractivity contribution is 7.18. The molecule has 0 saturated heterocycles. The van der Waals surface area contributed by atoms with E-state index in [0.717, 1.165) is 15.2 Å². The molecule has 0 amide bonds. The van der Waals surface area contributed by atoms with Gasteiger partial charge in [-0.25, -0.2) is 9.37 Å². The second kappa shape index (κ2) is 7.91. The summed E-state index contributed by atoms with van der Waals surface area (Å²) in [6.07, 6.45) is -0.646. The fraction of sp³-hybridized carbons (Fsp3) is 0.316. The van der Waals surface area contributed by atoms with Crippen molar-refractivity contribution in [3.63, 3.8) is 0 Å². The summed E-state index contributed by atoms with van der Waals surface area (Å²) < 4.78 is 19.5. The maximum absolute atomic E-state index is 12.9. The number of aromatic nitrogens is 1. The van der Waals surface area contributed by atoms with Crippen LogP contribution in [0.15, 0.2) is 48.5 Å². The number of nitrogens with zero attached hydrogens (tertiary/aromatic N) is 2. The number of fused-ring (bicyclic) bond motifs is 1. The summed E-state index contributed by atoms with van der Waals surface area (Å²) in [5.74, 6) is 0.236. The summed E-state index contributed by atoms with van der Waals surface area (Å²) in [5.41, 5.74) is 1.00. The van der Waals surface area contributed by atoms with Gasteiger partial charge in [-0.15, -0.1) is 11.3 Å². The Morgan fingerprint density at radius 1 is 1.20 bits per heavy atom. The van der Waals surface area contributed by atoms with E-state index in [2.05, 4.69) is 22.9 Å². The van der Waals surface area contributed by atoms with Gasteiger partial charge in [0.05, 0.1) is 16.3 Å². The molecular weight excluding hydrogens is 339 g/mol. The number of hydrogen-bond acceptors (Lipinski definition) is 5. The van der Waals surface area contributed by atoms with E-state index in [4.69, 9.17) is 4.74 Å². The van der Waals surface area contributed by atoms with Crippen LogP contribution in [0.3, 0.4) is 0 Å². The Labute approximate surface area is 150 Å². The van der Waals surface area contributed by atoms with Crippen LogP contribution in [-0.2, 0) is 0 Å². The van der Waals surface area contributed by atoms with Crippen molar-refractivity contribution in [2.45, 2.75) is 19.1 Å². The minimum atomic E-state index is -0.646. The van der Waals surface area contributed by atoms with Crippen molar-refractivity contribution in [3.8, 4) is 5.75 Å². The summed E-state index contributed by atoms with van der Waals surface area (Å²) in [6, 6.07) is 13.9. The molecular formula is C19H21FN2O2S. The molecule has 1 N–H and O–H groups in total. The van der Waals surface area contributed by atoms with E-state index in [0.29, 0.717) is 12.3 Å². The molecule has 132 valence electrons. The average molecular weight is 360 g/mol. The molecule has 0 aliphatic heterocycles. The van der Waals surface area contributed by atoms with Crippen LogP contribution in [0.25, 0.3) is 10.2 Å². The molecule has 4 nitrogen and oxygen atoms in total. The standard InChI is InChI=1S/C19H21FN2O2S/c1-13(19-21-17-5-3-4-6-18(17)25-19)22(2)11-15(23)12-24-16-9-7-14(20)8-10-16/h3-10,13,15,23H,11-12H2,1-2H3. The summed E-state index contributed by atoms with van der Waals surface area (Å²) >= 11 is 1.67. The predicted octanol–water partition coefficient (Wildman–Crippen LogP) is 3.87. The minimum absolute atomic E-state index is 0.0953. The Morgan fingerprint density at radius 3 is 2.64 bits per heavy atom. The highest BCUT2D eigenvalue weighted by Crippen LogP contribution is 2.28. The van der Waals surface area contributed by atoms with Crippen LogP contribution >= 0.6 is 11.3 Å². The van der Waals surface area contributed by atoms with Gasteiger partial charge >= 0.3 is 0 Å². The zero-order valence-corrected chi connectivity index (χ0v) is 15.0. The largest absolute Gasteiger partial charge is 0.491 e. The fourth-order valence-corrected chi connectivity index (χ4v) is 3.61. The second-order valence-corrected chi connectivity index (χ2v) is 7.12. The van der Waals surface area contributed by atoms with Crippen LogP contribution in [0.2, 0.25) is 0 Å². The Bertz CT molecular complexity index is 789. The third kappa shape index (κ3) is 4.54. The number of likely N-dealkylation sites (N-methyl/N-ethyl adjacent to an activating group) is 1. The Kier molecular flexibility index (Phi) is 5.63. The normalized spacial score (nSPS) is 14.0. The van der Waals surface area contributed by atoms with E-state index in [9.17, 15) is 9.50 Å². The zero-order chi connectivity index (χ0) is 17.8. The number of rotatable bonds is 7. The smallest absolute Gasteiger partial charge is 0.123 e. The molecule has 0 aliphatic carbocycles. The molecule has 3 rings (SSSR count). The Morgan fingerprint density at radius 2 is 1.92 bits per heavy atom. The first-order valence-electron chi connectivity index (χ1n) is 8.15. The molecule has 3 aromatic rings. The van der Waals surface area contributed by atoms with E-state index >= 15 is 0 Å². The number of hydrogen-bond donors (Lipinski definition) is 1. The maximum Gasteiger partial charge on any atom is 0.123 e. The third-order valence-electron chi connectivity index (χ3n) is 4.08. The molecule has 0 fully saturated rings. The quantitative estimate of drug-likeness (QED) is 0.695. The van der Waals surface area contributed by atoms with E-state index in [1.54, 1.807) is 23.5 Å². The molecule has 0 bridgehead atoms. The summed E-state index contributed by atoms with van der Waals surface area (Å²) in [5, 5.41) is 11.2. The zero-order valence-electron chi connectivity index (χ0n) is 14.2. The van der Waals surface area contributed by atoms with E-state index < -0.39 is 6.10 Å². The summed E-state index contributed by atoms with van der Waals surface area (Å²) in [6.45, 7) is 2.69. The Hall–Kier alpha value is -2.02. The van der Waals surface area contributed by atoms with Crippen molar-refractivity contribution >= 4 is 21.6 Å². The number of halogens is 1. The van der Waals surface area contributed by atoms with Gasteiger partial charge in [-0.3, -0.25) is 4.90 Å². The van der Waals surface area contributed by atoms with Gasteiger partial charge in [-0.05, 0) is 50.4 Å². The molecule has 6 heteroatoms. The lowest BCUT2D eigenvalue weighted by Crippen LogP contribution is -2.34. The van der Waals surface area contributed by atoms with Crippen molar-refractivity contribution in [1.29, 1.82) is 0 Å². The topological polar surface area (TPSA) is 45.6 Å². The SMILES string of the molecule is CC(c1nc2ccccc2s1)N(C)CC(O)COc1ccc(F)cc1. The molecule has 0 saturated carbocycles. The number of ether oxygens (including phenoxy) is 1. The number of benzene rings is 2. The number of aliphatic hydroxyl groups is 1. The van der Waals surface area contributed by atoms with Gasteiger partial charge in [0.2, 0.25) is 0 Å². The van der Waals surface area contributed by atoms with Gasteiger partial charge in [-0.1, -0.05) is 12.1 Å². The molecule has 1 aromatic heterocycles. The lowest BCUT2D eigenvalue weighted by molar-refractivity contribution is 0.0653. The second-order valence-electron chi connectivity index (χ2n) is 6.05. The van der Waals surface area contributed by atoms with E-state index in [-0.39, 0.29) is 18.5 Å². The molecule has 0 aliphatic rings. The van der Waals surface area contributed by atoms with Gasteiger partial charge in [-0.2, -0.15) is 0 Å². The molecule has 2 aromatic carbocycles. The molecule has 25 heavy (non-hydrogen) atoms. The summed E-state index contributed by atoms with van der Waals surface area (Å²) in [7, 11) is 1.96. The lowest BCUT2D eigenvalue weighted by atomic mass is 10.2. The van der Waals surface area contributed by atoms with Crippen molar-refractivity contribution in [3.05, 3.63) is 59.4 Å². The van der Waals surface area contributed by atoms with Crippen LogP contribution in [0, 0.1) is 5.82 Å². The van der Waals surface area contributed by atoms with Crippen LogP contribution in [0.1, 0.15) is 18.0 Å². The van der Waals surface area contributed by atoms with Crippen molar-refractivity contribution in [2.75, 3.05) is 20.2 Å². The van der Waals surface area contributed by atoms with Crippen molar-refractivity contribution < 1.29 is 14.2 Å². The first kappa shape index (κ1) is 17.8. The van der Waals surface area contributed by atoms with Gasteiger partial charge < -0.3 is 9.84 Å². The van der Waals surface area contributed by atoms with Crippen LogP contribution in [0.5, 0.6) is 5.75 Å². The van der Waals surface area contributed by atoms with Gasteiger partial charge in [0.1, 0.15) is 29.3 Å². The minimum Gasteiger partial charge on any atom is -0.491 e. The highest BCUT2D eigenvalue weighted by atomic mass is 32.1. The van der Waals surface area contributed by atoms with Crippen molar-refractivity contribution in [1.82, 2.24) is 9.88 Å². The van der Waals surface area contributed by atoms with E-state index in [1.807, 2.05) is 25.2 Å².